The molecule has 3 rings (SSSR count). The summed E-state index contributed by atoms with van der Waals surface area (Å²) in [5.41, 5.74) is 1.61. The van der Waals surface area contributed by atoms with Gasteiger partial charge >= 0.3 is 6.03 Å². The lowest BCUT2D eigenvalue weighted by Gasteiger charge is -2.18. The number of aromatic nitrogens is 1. The molecule has 1 saturated heterocycles. The predicted octanol–water partition coefficient (Wildman–Crippen LogP) is 2.67. The minimum atomic E-state index is -0.259. The van der Waals surface area contributed by atoms with Crippen LogP contribution in [0.15, 0.2) is 42.5 Å². The van der Waals surface area contributed by atoms with Crippen molar-refractivity contribution in [3.8, 4) is 5.75 Å². The number of carbonyl (C=O) groups excluding carboxylic acids is 2. The molecular formula is C19H22N4O3. The van der Waals surface area contributed by atoms with E-state index >= 15 is 0 Å². The molecule has 0 spiro atoms. The zero-order chi connectivity index (χ0) is 18.5. The number of pyridine rings is 1. The number of nitrogens with one attached hydrogen (secondary N) is 1. The van der Waals surface area contributed by atoms with Gasteiger partial charge in [0.05, 0.1) is 6.61 Å². The molecule has 7 nitrogen and oxygen atoms in total. The zero-order valence-electron chi connectivity index (χ0n) is 14.9. The molecule has 3 amide bonds. The number of amides is 3. The number of hydrogen-bond donors (Lipinski definition) is 1. The van der Waals surface area contributed by atoms with Crippen molar-refractivity contribution in [3.05, 3.63) is 48.2 Å². The molecule has 7 heteroatoms. The molecule has 0 aliphatic carbocycles. The Morgan fingerprint density at radius 2 is 1.96 bits per heavy atom. The smallest absolute Gasteiger partial charge is 0.325 e. The highest BCUT2D eigenvalue weighted by Crippen LogP contribution is 2.23. The van der Waals surface area contributed by atoms with Crippen LogP contribution in [0.1, 0.15) is 12.6 Å². The van der Waals surface area contributed by atoms with Crippen molar-refractivity contribution >= 4 is 23.4 Å². The van der Waals surface area contributed by atoms with Gasteiger partial charge in [-0.05, 0) is 50.2 Å². The summed E-state index contributed by atoms with van der Waals surface area (Å²) in [4.78, 5) is 32.2. The van der Waals surface area contributed by atoms with E-state index < -0.39 is 0 Å². The molecule has 1 aromatic carbocycles. The standard InChI is InChI=1S/C19H22N4O3/c1-3-26-16-9-7-15(8-10-16)23-12-11-22(19(23)25)13-18(24)21-17-6-4-5-14(2)20-17/h4-10H,3,11-13H2,1-2H3,(H,20,21,24). The number of benzene rings is 1. The van der Waals surface area contributed by atoms with Crippen LogP contribution in [0.4, 0.5) is 16.3 Å². The molecule has 0 bridgehead atoms. The molecule has 1 fully saturated rings. The number of hydrogen-bond acceptors (Lipinski definition) is 4. The number of nitrogens with zero attached hydrogens (tertiary/aromatic N) is 3. The average Bonchev–Trinajstić information content (AvgIpc) is 2.96. The molecule has 1 aromatic heterocycles. The Kier molecular flexibility index (Phi) is 5.36. The van der Waals surface area contributed by atoms with Crippen molar-refractivity contribution in [2.24, 2.45) is 0 Å². The van der Waals surface area contributed by atoms with E-state index in [1.54, 1.807) is 11.0 Å². The second-order valence-electron chi connectivity index (χ2n) is 6.00. The van der Waals surface area contributed by atoms with Gasteiger partial charge in [-0.1, -0.05) is 6.07 Å². The first-order valence-electron chi connectivity index (χ1n) is 8.59. The maximum Gasteiger partial charge on any atom is 0.325 e. The van der Waals surface area contributed by atoms with Crippen LogP contribution in [0.25, 0.3) is 0 Å². The van der Waals surface area contributed by atoms with E-state index in [4.69, 9.17) is 4.74 Å². The maximum atomic E-state index is 12.6. The molecule has 2 aromatic rings. The van der Waals surface area contributed by atoms with Crippen LogP contribution in [0.5, 0.6) is 5.75 Å². The number of carbonyl (C=O) groups is 2. The monoisotopic (exact) mass is 354 g/mol. The third kappa shape index (κ3) is 4.11. The van der Waals surface area contributed by atoms with Crippen molar-refractivity contribution < 1.29 is 14.3 Å². The van der Waals surface area contributed by atoms with Gasteiger partial charge in [-0.3, -0.25) is 9.69 Å². The summed E-state index contributed by atoms with van der Waals surface area (Å²) in [6.45, 7) is 5.42. The van der Waals surface area contributed by atoms with Crippen LogP contribution in [-0.4, -0.2) is 48.1 Å². The van der Waals surface area contributed by atoms with Crippen molar-refractivity contribution in [2.75, 3.05) is 36.5 Å². The third-order valence-corrected chi connectivity index (χ3v) is 4.04. The van der Waals surface area contributed by atoms with Crippen LogP contribution >= 0.6 is 0 Å². The lowest BCUT2D eigenvalue weighted by Crippen LogP contribution is -2.37. The third-order valence-electron chi connectivity index (χ3n) is 4.04. The van der Waals surface area contributed by atoms with Crippen molar-refractivity contribution in [1.29, 1.82) is 0 Å². The highest BCUT2D eigenvalue weighted by Gasteiger charge is 2.30. The molecule has 26 heavy (non-hydrogen) atoms. The summed E-state index contributed by atoms with van der Waals surface area (Å²) in [6.07, 6.45) is 0. The molecular weight excluding hydrogens is 332 g/mol. The molecule has 0 saturated carbocycles. The van der Waals surface area contributed by atoms with Gasteiger partial charge < -0.3 is 15.0 Å². The van der Waals surface area contributed by atoms with Crippen LogP contribution in [0.3, 0.4) is 0 Å². The fourth-order valence-electron chi connectivity index (χ4n) is 2.83. The topological polar surface area (TPSA) is 74.8 Å². The van der Waals surface area contributed by atoms with Crippen LogP contribution in [-0.2, 0) is 4.79 Å². The molecule has 1 N–H and O–H groups in total. The summed E-state index contributed by atoms with van der Waals surface area (Å²) in [5.74, 6) is 1.000. The zero-order valence-corrected chi connectivity index (χ0v) is 14.9. The average molecular weight is 354 g/mol. The molecule has 0 radical (unpaired) electrons. The highest BCUT2D eigenvalue weighted by molar-refractivity contribution is 5.99. The molecule has 2 heterocycles. The summed E-state index contributed by atoms with van der Waals surface area (Å²) in [6, 6.07) is 12.6. The quantitative estimate of drug-likeness (QED) is 0.865. The van der Waals surface area contributed by atoms with Gasteiger partial charge in [0.15, 0.2) is 0 Å². The fraction of sp³-hybridized carbons (Fsp3) is 0.316. The molecule has 0 atom stereocenters. The van der Waals surface area contributed by atoms with Crippen LogP contribution in [0.2, 0.25) is 0 Å². The Bertz CT molecular complexity index is 792. The summed E-state index contributed by atoms with van der Waals surface area (Å²) < 4.78 is 5.42. The molecule has 1 aliphatic heterocycles. The van der Waals surface area contributed by atoms with E-state index in [2.05, 4.69) is 10.3 Å². The Balaban J connectivity index is 1.59. The second-order valence-corrected chi connectivity index (χ2v) is 6.00. The van der Waals surface area contributed by atoms with E-state index in [0.29, 0.717) is 25.5 Å². The minimum absolute atomic E-state index is 0.00197. The van der Waals surface area contributed by atoms with Gasteiger partial charge in [0.2, 0.25) is 5.91 Å². The number of rotatable bonds is 6. The second kappa shape index (κ2) is 7.86. The Morgan fingerprint density at radius 1 is 1.19 bits per heavy atom. The lowest BCUT2D eigenvalue weighted by atomic mass is 10.3. The van der Waals surface area contributed by atoms with E-state index in [9.17, 15) is 9.59 Å². The number of aryl methyl sites for hydroxylation is 1. The molecule has 136 valence electrons. The van der Waals surface area contributed by atoms with E-state index in [-0.39, 0.29) is 18.5 Å². The molecule has 0 unspecified atom stereocenters. The molecule has 1 aliphatic rings. The predicted molar refractivity (Wildman–Crippen MR) is 99.5 cm³/mol. The van der Waals surface area contributed by atoms with Gasteiger partial charge in [0.25, 0.3) is 0 Å². The number of anilines is 2. The van der Waals surface area contributed by atoms with E-state index in [0.717, 1.165) is 17.1 Å². The van der Waals surface area contributed by atoms with Crippen molar-refractivity contribution in [3.63, 3.8) is 0 Å². The van der Waals surface area contributed by atoms with Crippen molar-refractivity contribution in [1.82, 2.24) is 9.88 Å². The van der Waals surface area contributed by atoms with Gasteiger partial charge in [-0.2, -0.15) is 0 Å². The van der Waals surface area contributed by atoms with E-state index in [1.165, 1.54) is 4.90 Å². The van der Waals surface area contributed by atoms with Gasteiger partial charge in [-0.25, -0.2) is 9.78 Å². The largest absolute Gasteiger partial charge is 0.494 e. The maximum absolute atomic E-state index is 12.6. The van der Waals surface area contributed by atoms with Gasteiger partial charge in [0.1, 0.15) is 18.1 Å². The first-order chi connectivity index (χ1) is 12.6. The van der Waals surface area contributed by atoms with E-state index in [1.807, 2.05) is 50.2 Å². The Labute approximate surface area is 152 Å². The van der Waals surface area contributed by atoms with Gasteiger partial charge in [-0.15, -0.1) is 0 Å². The van der Waals surface area contributed by atoms with Gasteiger partial charge in [0, 0.05) is 24.5 Å². The summed E-state index contributed by atoms with van der Waals surface area (Å²) in [7, 11) is 0. The SMILES string of the molecule is CCOc1ccc(N2CCN(CC(=O)Nc3cccc(C)n3)C2=O)cc1. The number of urea groups is 1. The number of ether oxygens (including phenoxy) is 1. The Hall–Kier alpha value is -3.09. The van der Waals surface area contributed by atoms with Crippen LogP contribution in [0, 0.1) is 6.92 Å². The van der Waals surface area contributed by atoms with Crippen LogP contribution < -0.4 is 15.0 Å². The lowest BCUT2D eigenvalue weighted by molar-refractivity contribution is -0.116. The minimum Gasteiger partial charge on any atom is -0.494 e. The fourth-order valence-corrected chi connectivity index (χ4v) is 2.83. The summed E-state index contributed by atoms with van der Waals surface area (Å²) in [5, 5.41) is 2.73. The summed E-state index contributed by atoms with van der Waals surface area (Å²) >= 11 is 0. The highest BCUT2D eigenvalue weighted by atomic mass is 16.5. The van der Waals surface area contributed by atoms with Crippen molar-refractivity contribution in [2.45, 2.75) is 13.8 Å². The Morgan fingerprint density at radius 3 is 2.65 bits per heavy atom. The normalized spacial score (nSPS) is 13.8. The first-order valence-corrected chi connectivity index (χ1v) is 8.59. The first kappa shape index (κ1) is 17.7.